The number of hydrogen-bond donors (Lipinski definition) is 0. The molecule has 2 aromatic carbocycles. The van der Waals surface area contributed by atoms with Crippen molar-refractivity contribution in [2.24, 2.45) is 0 Å². The van der Waals surface area contributed by atoms with E-state index >= 15 is 0 Å². The zero-order valence-corrected chi connectivity index (χ0v) is 16.3. The van der Waals surface area contributed by atoms with Crippen LogP contribution >= 0.6 is 0 Å². The molecule has 1 aliphatic heterocycles. The van der Waals surface area contributed by atoms with E-state index in [2.05, 4.69) is 55.2 Å². The molecule has 3 heterocycles. The van der Waals surface area contributed by atoms with E-state index < -0.39 is 0 Å². The van der Waals surface area contributed by atoms with Crippen LogP contribution in [0.1, 0.15) is 0 Å². The minimum atomic E-state index is 0.624. The van der Waals surface area contributed by atoms with Gasteiger partial charge >= 0.3 is 0 Å². The van der Waals surface area contributed by atoms with Crippen LogP contribution in [0.4, 0.5) is 11.5 Å². The SMILES string of the molecule is COc1ccc(N2CCN(c3cc(-c4ccccc4)nc4ncnn34)CC2)cc1. The number of methoxy groups -OCH3 is 1. The Balaban J connectivity index is 1.40. The third kappa shape index (κ3) is 3.35. The smallest absolute Gasteiger partial charge is 0.254 e. The van der Waals surface area contributed by atoms with Crippen LogP contribution in [0.5, 0.6) is 5.75 Å². The number of piperazine rings is 1. The van der Waals surface area contributed by atoms with Crippen LogP contribution in [-0.2, 0) is 0 Å². The van der Waals surface area contributed by atoms with Crippen LogP contribution in [0.25, 0.3) is 17.0 Å². The number of hydrogen-bond acceptors (Lipinski definition) is 6. The van der Waals surface area contributed by atoms with Gasteiger partial charge < -0.3 is 14.5 Å². The van der Waals surface area contributed by atoms with Crippen molar-refractivity contribution in [2.75, 3.05) is 43.1 Å². The van der Waals surface area contributed by atoms with Crippen molar-refractivity contribution in [2.45, 2.75) is 0 Å². The first-order chi connectivity index (χ1) is 14.3. The molecule has 5 rings (SSSR count). The fraction of sp³-hybridized carbons (Fsp3) is 0.227. The molecule has 0 unspecified atom stereocenters. The van der Waals surface area contributed by atoms with Crippen molar-refractivity contribution in [3.63, 3.8) is 0 Å². The molecular formula is C22H22N6O. The zero-order chi connectivity index (χ0) is 19.6. The average Bonchev–Trinajstić information content (AvgIpc) is 3.28. The molecule has 146 valence electrons. The Morgan fingerprint density at radius 2 is 1.59 bits per heavy atom. The van der Waals surface area contributed by atoms with Crippen LogP contribution in [0.15, 0.2) is 67.0 Å². The Morgan fingerprint density at radius 3 is 2.31 bits per heavy atom. The van der Waals surface area contributed by atoms with Gasteiger partial charge in [0.05, 0.1) is 12.8 Å². The van der Waals surface area contributed by atoms with E-state index in [0.29, 0.717) is 5.78 Å². The maximum absolute atomic E-state index is 5.26. The summed E-state index contributed by atoms with van der Waals surface area (Å²) in [4.78, 5) is 13.8. The van der Waals surface area contributed by atoms with Gasteiger partial charge in [0.25, 0.3) is 5.78 Å². The number of aromatic nitrogens is 4. The number of rotatable bonds is 4. The molecule has 0 bridgehead atoms. The fourth-order valence-corrected chi connectivity index (χ4v) is 3.77. The third-order valence-electron chi connectivity index (χ3n) is 5.34. The summed E-state index contributed by atoms with van der Waals surface area (Å²) in [5, 5.41) is 4.40. The number of anilines is 2. The molecule has 0 atom stereocenters. The van der Waals surface area contributed by atoms with Gasteiger partial charge in [-0.15, -0.1) is 0 Å². The minimum absolute atomic E-state index is 0.624. The minimum Gasteiger partial charge on any atom is -0.497 e. The Bertz CT molecular complexity index is 1100. The van der Waals surface area contributed by atoms with Crippen molar-refractivity contribution < 1.29 is 4.74 Å². The lowest BCUT2D eigenvalue weighted by Gasteiger charge is -2.37. The molecule has 1 fully saturated rings. The second-order valence-electron chi connectivity index (χ2n) is 7.01. The van der Waals surface area contributed by atoms with E-state index in [9.17, 15) is 0 Å². The van der Waals surface area contributed by atoms with Crippen LogP contribution in [0.2, 0.25) is 0 Å². The first-order valence-corrected chi connectivity index (χ1v) is 9.72. The van der Waals surface area contributed by atoms with Crippen LogP contribution in [-0.4, -0.2) is 52.9 Å². The summed E-state index contributed by atoms with van der Waals surface area (Å²) >= 11 is 0. The van der Waals surface area contributed by atoms with Crippen molar-refractivity contribution in [3.05, 3.63) is 67.0 Å². The predicted octanol–water partition coefficient (Wildman–Crippen LogP) is 3.13. The Hall–Kier alpha value is -3.61. The van der Waals surface area contributed by atoms with Gasteiger partial charge in [-0.25, -0.2) is 4.98 Å². The van der Waals surface area contributed by atoms with Crippen molar-refractivity contribution in [3.8, 4) is 17.0 Å². The van der Waals surface area contributed by atoms with Crippen molar-refractivity contribution in [1.29, 1.82) is 0 Å². The number of nitrogens with zero attached hydrogens (tertiary/aromatic N) is 6. The molecule has 7 heteroatoms. The van der Waals surface area contributed by atoms with Gasteiger partial charge in [0.15, 0.2) is 0 Å². The molecule has 2 aromatic heterocycles. The van der Waals surface area contributed by atoms with E-state index in [1.807, 2.05) is 34.8 Å². The first kappa shape index (κ1) is 17.5. The highest BCUT2D eigenvalue weighted by Crippen LogP contribution is 2.26. The van der Waals surface area contributed by atoms with E-state index in [-0.39, 0.29) is 0 Å². The highest BCUT2D eigenvalue weighted by Gasteiger charge is 2.21. The van der Waals surface area contributed by atoms with Gasteiger partial charge in [-0.3, -0.25) is 0 Å². The Labute approximate surface area is 169 Å². The molecule has 1 saturated heterocycles. The van der Waals surface area contributed by atoms with E-state index in [1.54, 1.807) is 13.4 Å². The maximum atomic E-state index is 5.26. The van der Waals surface area contributed by atoms with Crippen LogP contribution < -0.4 is 14.5 Å². The van der Waals surface area contributed by atoms with Gasteiger partial charge in [0.2, 0.25) is 0 Å². The van der Waals surface area contributed by atoms with Crippen LogP contribution in [0, 0.1) is 0 Å². The largest absolute Gasteiger partial charge is 0.497 e. The molecule has 0 N–H and O–H groups in total. The predicted molar refractivity (Wildman–Crippen MR) is 114 cm³/mol. The summed E-state index contributed by atoms with van der Waals surface area (Å²) in [6, 6.07) is 20.6. The highest BCUT2D eigenvalue weighted by molar-refractivity contribution is 5.66. The molecule has 0 spiro atoms. The Kier molecular flexibility index (Phi) is 4.48. The molecular weight excluding hydrogens is 364 g/mol. The summed E-state index contributed by atoms with van der Waals surface area (Å²) in [6.07, 6.45) is 1.56. The number of ether oxygens (including phenoxy) is 1. The lowest BCUT2D eigenvalue weighted by Crippen LogP contribution is -2.47. The number of benzene rings is 2. The standard InChI is InChI=1S/C22H22N6O/c1-29-19-9-7-18(8-10-19)26-11-13-27(14-12-26)21-15-20(17-5-3-2-4-6-17)25-22-23-16-24-28(21)22/h2-10,15-16H,11-14H2,1H3. The number of fused-ring (bicyclic) bond motifs is 1. The second kappa shape index (κ2) is 7.43. The van der Waals surface area contributed by atoms with E-state index in [4.69, 9.17) is 4.74 Å². The molecule has 0 radical (unpaired) electrons. The highest BCUT2D eigenvalue weighted by atomic mass is 16.5. The summed E-state index contributed by atoms with van der Waals surface area (Å²) in [6.45, 7) is 3.68. The van der Waals surface area contributed by atoms with Gasteiger partial charge in [-0.1, -0.05) is 30.3 Å². The fourth-order valence-electron chi connectivity index (χ4n) is 3.77. The summed E-state index contributed by atoms with van der Waals surface area (Å²) in [5.41, 5.74) is 3.21. The molecule has 29 heavy (non-hydrogen) atoms. The topological polar surface area (TPSA) is 58.8 Å². The first-order valence-electron chi connectivity index (χ1n) is 9.72. The molecule has 1 aliphatic rings. The monoisotopic (exact) mass is 386 g/mol. The second-order valence-corrected chi connectivity index (χ2v) is 7.01. The van der Waals surface area contributed by atoms with E-state index in [0.717, 1.165) is 49.0 Å². The van der Waals surface area contributed by atoms with Gasteiger partial charge in [0, 0.05) is 43.5 Å². The summed E-state index contributed by atoms with van der Waals surface area (Å²) in [7, 11) is 1.69. The molecule has 0 saturated carbocycles. The van der Waals surface area contributed by atoms with Gasteiger partial charge in [0.1, 0.15) is 17.9 Å². The maximum Gasteiger partial charge on any atom is 0.254 e. The average molecular weight is 386 g/mol. The van der Waals surface area contributed by atoms with Crippen molar-refractivity contribution in [1.82, 2.24) is 19.6 Å². The van der Waals surface area contributed by atoms with E-state index in [1.165, 1.54) is 5.69 Å². The zero-order valence-electron chi connectivity index (χ0n) is 16.3. The summed E-state index contributed by atoms with van der Waals surface area (Å²) < 4.78 is 7.09. The lowest BCUT2D eigenvalue weighted by atomic mass is 10.1. The van der Waals surface area contributed by atoms with Crippen molar-refractivity contribution >= 4 is 17.3 Å². The molecule has 7 nitrogen and oxygen atoms in total. The lowest BCUT2D eigenvalue weighted by molar-refractivity contribution is 0.415. The quantitative estimate of drug-likeness (QED) is 0.537. The van der Waals surface area contributed by atoms with Gasteiger partial charge in [-0.05, 0) is 24.3 Å². The van der Waals surface area contributed by atoms with Crippen LogP contribution in [0.3, 0.4) is 0 Å². The normalized spacial score (nSPS) is 14.4. The molecule has 0 aliphatic carbocycles. The molecule has 4 aromatic rings. The summed E-state index contributed by atoms with van der Waals surface area (Å²) in [5.74, 6) is 2.53. The Morgan fingerprint density at radius 1 is 0.862 bits per heavy atom. The van der Waals surface area contributed by atoms with Gasteiger partial charge in [-0.2, -0.15) is 14.6 Å². The molecule has 0 amide bonds. The third-order valence-corrected chi connectivity index (χ3v) is 5.34.